The summed E-state index contributed by atoms with van der Waals surface area (Å²) in [6, 6.07) is 7.12. The Bertz CT molecular complexity index is 652. The van der Waals surface area contributed by atoms with Gasteiger partial charge in [0.15, 0.2) is 11.5 Å². The average Bonchev–Trinajstić information content (AvgIpc) is 2.46. The fourth-order valence-electron chi connectivity index (χ4n) is 2.14. The third-order valence-electron chi connectivity index (χ3n) is 3.06. The summed E-state index contributed by atoms with van der Waals surface area (Å²) in [6.07, 6.45) is 0. The van der Waals surface area contributed by atoms with E-state index in [0.29, 0.717) is 34.7 Å². The van der Waals surface area contributed by atoms with Crippen LogP contribution in [0, 0.1) is 0 Å². The number of nitrogen functional groups attached to an aromatic ring is 1. The number of nitrogens with two attached hydrogens (primary N) is 1. The maximum absolute atomic E-state index is 11.9. The molecule has 106 valence electrons. The van der Waals surface area contributed by atoms with E-state index in [1.807, 2.05) is 6.07 Å². The molecule has 0 unspecified atom stereocenters. The molecule has 0 saturated carbocycles. The number of rotatable bonds is 4. The molecule has 0 radical (unpaired) electrons. The molecule has 2 N–H and O–H groups in total. The van der Waals surface area contributed by atoms with Crippen molar-refractivity contribution in [3.63, 3.8) is 0 Å². The van der Waals surface area contributed by atoms with Crippen molar-refractivity contribution in [1.82, 2.24) is 0 Å². The van der Waals surface area contributed by atoms with E-state index in [2.05, 4.69) is 0 Å². The topological polar surface area (TPSA) is 70.8 Å². The highest BCUT2D eigenvalue weighted by Crippen LogP contribution is 2.39. The van der Waals surface area contributed by atoms with Crippen molar-refractivity contribution in [1.29, 1.82) is 0 Å². The van der Waals surface area contributed by atoms with Gasteiger partial charge in [-0.15, -0.1) is 0 Å². The number of hydrogen-bond acceptors (Lipinski definition) is 5. The SMILES string of the molecule is CCOC(=O)c1ccc2ccc(OC)c(OC)c2c1N. The second-order valence-corrected chi connectivity index (χ2v) is 4.15. The van der Waals surface area contributed by atoms with Crippen LogP contribution in [0.2, 0.25) is 0 Å². The Kier molecular flexibility index (Phi) is 3.98. The van der Waals surface area contributed by atoms with Crippen molar-refractivity contribution in [2.75, 3.05) is 26.6 Å². The van der Waals surface area contributed by atoms with E-state index in [1.165, 1.54) is 7.11 Å². The minimum absolute atomic E-state index is 0.297. The second-order valence-electron chi connectivity index (χ2n) is 4.15. The Morgan fingerprint density at radius 1 is 1.15 bits per heavy atom. The minimum Gasteiger partial charge on any atom is -0.493 e. The van der Waals surface area contributed by atoms with Crippen LogP contribution in [0.1, 0.15) is 17.3 Å². The summed E-state index contributed by atoms with van der Waals surface area (Å²) in [7, 11) is 3.09. The Labute approximate surface area is 117 Å². The number of benzene rings is 2. The number of carbonyl (C=O) groups is 1. The van der Waals surface area contributed by atoms with Gasteiger partial charge in [-0.1, -0.05) is 12.1 Å². The number of methoxy groups -OCH3 is 2. The Hall–Kier alpha value is -2.43. The van der Waals surface area contributed by atoms with Crippen molar-refractivity contribution in [2.45, 2.75) is 6.92 Å². The van der Waals surface area contributed by atoms with Gasteiger partial charge in [-0.25, -0.2) is 4.79 Å². The molecule has 0 heterocycles. The molecule has 0 saturated heterocycles. The van der Waals surface area contributed by atoms with Gasteiger partial charge < -0.3 is 19.9 Å². The first kappa shape index (κ1) is 14.0. The minimum atomic E-state index is -0.447. The molecule has 2 aromatic carbocycles. The molecule has 20 heavy (non-hydrogen) atoms. The predicted molar refractivity (Wildman–Crippen MR) is 77.4 cm³/mol. The third-order valence-corrected chi connectivity index (χ3v) is 3.06. The number of carbonyl (C=O) groups excluding carboxylic acids is 1. The molecule has 5 heteroatoms. The zero-order chi connectivity index (χ0) is 14.7. The maximum Gasteiger partial charge on any atom is 0.340 e. The Morgan fingerprint density at radius 2 is 1.85 bits per heavy atom. The van der Waals surface area contributed by atoms with Crippen LogP contribution in [-0.4, -0.2) is 26.8 Å². The van der Waals surface area contributed by atoms with E-state index in [4.69, 9.17) is 19.9 Å². The normalized spacial score (nSPS) is 10.3. The van der Waals surface area contributed by atoms with Gasteiger partial charge in [0.1, 0.15) is 0 Å². The molecule has 0 bridgehead atoms. The highest BCUT2D eigenvalue weighted by Gasteiger charge is 2.18. The number of anilines is 1. The fourth-order valence-corrected chi connectivity index (χ4v) is 2.14. The molecule has 2 rings (SSSR count). The van der Waals surface area contributed by atoms with Crippen molar-refractivity contribution in [2.24, 2.45) is 0 Å². The van der Waals surface area contributed by atoms with Crippen LogP contribution in [0.3, 0.4) is 0 Å². The molecule has 0 spiro atoms. The maximum atomic E-state index is 11.9. The largest absolute Gasteiger partial charge is 0.493 e. The van der Waals surface area contributed by atoms with Gasteiger partial charge in [-0.3, -0.25) is 0 Å². The van der Waals surface area contributed by atoms with Gasteiger partial charge in [-0.2, -0.15) is 0 Å². The van der Waals surface area contributed by atoms with Crippen LogP contribution < -0.4 is 15.2 Å². The lowest BCUT2D eigenvalue weighted by molar-refractivity contribution is 0.0528. The Balaban J connectivity index is 2.72. The van der Waals surface area contributed by atoms with E-state index in [0.717, 1.165) is 5.39 Å². The first-order valence-corrected chi connectivity index (χ1v) is 6.24. The highest BCUT2D eigenvalue weighted by atomic mass is 16.5. The van der Waals surface area contributed by atoms with Gasteiger partial charge in [0.2, 0.25) is 0 Å². The quantitative estimate of drug-likeness (QED) is 0.686. The lowest BCUT2D eigenvalue weighted by Crippen LogP contribution is -2.08. The summed E-state index contributed by atoms with van der Waals surface area (Å²) >= 11 is 0. The van der Waals surface area contributed by atoms with Crippen LogP contribution in [0.4, 0.5) is 5.69 Å². The molecule has 0 aromatic heterocycles. The summed E-state index contributed by atoms with van der Waals surface area (Å²) in [4.78, 5) is 11.9. The zero-order valence-corrected chi connectivity index (χ0v) is 11.7. The molecule has 0 atom stereocenters. The van der Waals surface area contributed by atoms with E-state index in [1.54, 1.807) is 32.2 Å². The molecular formula is C15H17NO4. The van der Waals surface area contributed by atoms with E-state index < -0.39 is 5.97 Å². The van der Waals surface area contributed by atoms with Crippen molar-refractivity contribution in [3.05, 3.63) is 29.8 Å². The van der Waals surface area contributed by atoms with Gasteiger partial charge >= 0.3 is 5.97 Å². The summed E-state index contributed by atoms with van der Waals surface area (Å²) < 4.78 is 15.6. The molecule has 0 aliphatic carbocycles. The molecule has 5 nitrogen and oxygen atoms in total. The summed E-state index contributed by atoms with van der Waals surface area (Å²) in [5.41, 5.74) is 6.77. The first-order chi connectivity index (χ1) is 9.63. The predicted octanol–water partition coefficient (Wildman–Crippen LogP) is 2.62. The van der Waals surface area contributed by atoms with Gasteiger partial charge in [0, 0.05) is 0 Å². The van der Waals surface area contributed by atoms with Gasteiger partial charge in [0.05, 0.1) is 37.5 Å². The van der Waals surface area contributed by atoms with E-state index in [9.17, 15) is 4.79 Å². The van der Waals surface area contributed by atoms with E-state index >= 15 is 0 Å². The molecular weight excluding hydrogens is 258 g/mol. The van der Waals surface area contributed by atoms with Crippen LogP contribution in [-0.2, 0) is 4.74 Å². The van der Waals surface area contributed by atoms with Gasteiger partial charge in [0.25, 0.3) is 0 Å². The zero-order valence-electron chi connectivity index (χ0n) is 11.7. The van der Waals surface area contributed by atoms with Crippen LogP contribution in [0.5, 0.6) is 11.5 Å². The molecule has 0 fully saturated rings. The monoisotopic (exact) mass is 275 g/mol. The number of fused-ring (bicyclic) bond motifs is 1. The molecule has 0 amide bonds. The summed E-state index contributed by atoms with van der Waals surface area (Å²) in [6.45, 7) is 2.05. The first-order valence-electron chi connectivity index (χ1n) is 6.24. The molecule has 0 aliphatic rings. The van der Waals surface area contributed by atoms with E-state index in [-0.39, 0.29) is 0 Å². The summed E-state index contributed by atoms with van der Waals surface area (Å²) in [5, 5.41) is 1.52. The third kappa shape index (κ3) is 2.22. The number of esters is 1. The lowest BCUT2D eigenvalue weighted by Gasteiger charge is -2.14. The second kappa shape index (κ2) is 5.69. The highest BCUT2D eigenvalue weighted by molar-refractivity contribution is 6.08. The van der Waals surface area contributed by atoms with Crippen molar-refractivity contribution >= 4 is 22.4 Å². The standard InChI is InChI=1S/C15H17NO4/c1-4-20-15(17)10-7-5-9-6-8-11(18-2)14(19-3)12(9)13(10)16/h5-8H,4,16H2,1-3H3. The lowest BCUT2D eigenvalue weighted by atomic mass is 10.0. The van der Waals surface area contributed by atoms with Crippen LogP contribution >= 0.6 is 0 Å². The van der Waals surface area contributed by atoms with Crippen molar-refractivity contribution in [3.8, 4) is 11.5 Å². The van der Waals surface area contributed by atoms with Gasteiger partial charge in [-0.05, 0) is 24.4 Å². The average molecular weight is 275 g/mol. The van der Waals surface area contributed by atoms with Crippen molar-refractivity contribution < 1.29 is 19.0 Å². The fraction of sp³-hybridized carbons (Fsp3) is 0.267. The molecule has 0 aliphatic heterocycles. The van der Waals surface area contributed by atoms with Crippen LogP contribution in [0.15, 0.2) is 24.3 Å². The number of ether oxygens (including phenoxy) is 3. The smallest absolute Gasteiger partial charge is 0.340 e. The van der Waals surface area contributed by atoms with Crippen LogP contribution in [0.25, 0.3) is 10.8 Å². The molecule has 2 aromatic rings. The number of hydrogen-bond donors (Lipinski definition) is 1. The summed E-state index contributed by atoms with van der Waals surface area (Å²) in [5.74, 6) is 0.623. The Morgan fingerprint density at radius 3 is 2.45 bits per heavy atom.